The van der Waals surface area contributed by atoms with E-state index in [0.717, 1.165) is 17.5 Å². The average Bonchev–Trinajstić information content (AvgIpc) is 3.29. The van der Waals surface area contributed by atoms with Gasteiger partial charge in [0.15, 0.2) is 0 Å². The maximum atomic E-state index is 13.3. The molecule has 3 aromatic rings. The Labute approximate surface area is 186 Å². The number of benzene rings is 2. The van der Waals surface area contributed by atoms with Crippen LogP contribution in [-0.2, 0) is 4.74 Å². The average molecular weight is 440 g/mol. The number of aromatic nitrogens is 2. The fourth-order valence-corrected chi connectivity index (χ4v) is 4.29. The number of halogens is 1. The normalized spacial score (nSPS) is 15.7. The second-order valence-corrected chi connectivity index (χ2v) is 8.53. The molecule has 0 radical (unpaired) electrons. The Morgan fingerprint density at radius 3 is 2.65 bits per heavy atom. The van der Waals surface area contributed by atoms with Crippen LogP contribution in [0.2, 0.25) is 5.02 Å². The number of carbonyl (C=O) groups is 1. The van der Waals surface area contributed by atoms with Crippen molar-refractivity contribution in [2.24, 2.45) is 0 Å². The Morgan fingerprint density at radius 1 is 1.23 bits per heavy atom. The summed E-state index contributed by atoms with van der Waals surface area (Å²) in [7, 11) is 1.65. The largest absolute Gasteiger partial charge is 0.507 e. The van der Waals surface area contributed by atoms with Crippen LogP contribution >= 0.6 is 11.6 Å². The first-order chi connectivity index (χ1) is 14.9. The molecule has 2 N–H and O–H groups in total. The van der Waals surface area contributed by atoms with Crippen LogP contribution in [0.4, 0.5) is 0 Å². The highest BCUT2D eigenvalue weighted by molar-refractivity contribution is 6.31. The first-order valence-electron chi connectivity index (χ1n) is 10.4. The predicted molar refractivity (Wildman–Crippen MR) is 121 cm³/mol. The van der Waals surface area contributed by atoms with Gasteiger partial charge in [-0.1, -0.05) is 49.7 Å². The summed E-state index contributed by atoms with van der Waals surface area (Å²) < 4.78 is 5.19. The third-order valence-corrected chi connectivity index (χ3v) is 5.98. The molecule has 1 aliphatic rings. The maximum Gasteiger partial charge on any atom is 0.273 e. The summed E-state index contributed by atoms with van der Waals surface area (Å²) in [5.41, 5.74) is 4.48. The van der Waals surface area contributed by atoms with Crippen LogP contribution in [0.25, 0.3) is 11.3 Å². The number of nitrogens with one attached hydrogen (secondary N) is 1. The van der Waals surface area contributed by atoms with Gasteiger partial charge in [-0.25, -0.2) is 0 Å². The lowest BCUT2D eigenvalue weighted by Crippen LogP contribution is -2.31. The van der Waals surface area contributed by atoms with Crippen LogP contribution in [0.15, 0.2) is 42.5 Å². The molecule has 2 aromatic carbocycles. The van der Waals surface area contributed by atoms with E-state index in [-0.39, 0.29) is 17.7 Å². The van der Waals surface area contributed by atoms with Crippen molar-refractivity contribution < 1.29 is 14.6 Å². The molecule has 1 unspecified atom stereocenters. The van der Waals surface area contributed by atoms with E-state index in [1.54, 1.807) is 19.2 Å². The fourth-order valence-electron chi connectivity index (χ4n) is 4.12. The molecule has 6 nitrogen and oxygen atoms in total. The SMILES string of the molecule is COCCCN1C(=O)c2[nH]nc(-c3cc(Cl)ccc3O)c2C1c1ccc(C(C)C)cc1. The van der Waals surface area contributed by atoms with Crippen molar-refractivity contribution >= 4 is 17.5 Å². The number of H-pyrrole nitrogens is 1. The highest BCUT2D eigenvalue weighted by Crippen LogP contribution is 2.45. The summed E-state index contributed by atoms with van der Waals surface area (Å²) in [5, 5.41) is 18.3. The third kappa shape index (κ3) is 3.93. The van der Waals surface area contributed by atoms with Crippen molar-refractivity contribution in [1.82, 2.24) is 15.1 Å². The summed E-state index contributed by atoms with van der Waals surface area (Å²) in [4.78, 5) is 15.1. The lowest BCUT2D eigenvalue weighted by molar-refractivity contribution is 0.0723. The molecule has 1 aliphatic heterocycles. The highest BCUT2D eigenvalue weighted by atomic mass is 35.5. The van der Waals surface area contributed by atoms with Gasteiger partial charge in [0, 0.05) is 36.4 Å². The monoisotopic (exact) mass is 439 g/mol. The van der Waals surface area contributed by atoms with Crippen LogP contribution in [0.5, 0.6) is 5.75 Å². The standard InChI is InChI=1S/C24H26ClN3O3/c1-14(2)15-5-7-16(8-6-15)23-20-21(18-13-17(25)9-10-19(18)29)26-27-22(20)24(30)28(23)11-4-12-31-3/h5-10,13-14,23,29H,4,11-12H2,1-3H3,(H,26,27). The van der Waals surface area contributed by atoms with Gasteiger partial charge in [-0.15, -0.1) is 0 Å². The zero-order valence-corrected chi connectivity index (χ0v) is 18.6. The molecule has 1 amide bonds. The number of fused-ring (bicyclic) bond motifs is 1. The van der Waals surface area contributed by atoms with Gasteiger partial charge in [-0.3, -0.25) is 9.89 Å². The number of rotatable bonds is 7. The van der Waals surface area contributed by atoms with Crippen LogP contribution in [0.1, 0.15) is 59.4 Å². The van der Waals surface area contributed by atoms with E-state index in [0.29, 0.717) is 41.0 Å². The maximum absolute atomic E-state index is 13.3. The van der Waals surface area contributed by atoms with Crippen LogP contribution in [0, 0.1) is 0 Å². The minimum absolute atomic E-state index is 0.0675. The van der Waals surface area contributed by atoms with E-state index >= 15 is 0 Å². The van der Waals surface area contributed by atoms with E-state index in [9.17, 15) is 9.90 Å². The summed E-state index contributed by atoms with van der Waals surface area (Å²) in [6.07, 6.45) is 0.721. The van der Waals surface area contributed by atoms with Crippen molar-refractivity contribution in [2.45, 2.75) is 32.2 Å². The molecule has 0 bridgehead atoms. The number of methoxy groups -OCH3 is 1. The summed E-state index contributed by atoms with van der Waals surface area (Å²) >= 11 is 6.19. The van der Waals surface area contributed by atoms with E-state index in [2.05, 4.69) is 48.3 Å². The lowest BCUT2D eigenvalue weighted by Gasteiger charge is -2.26. The van der Waals surface area contributed by atoms with Gasteiger partial charge in [0.25, 0.3) is 5.91 Å². The molecule has 2 heterocycles. The molecular formula is C24H26ClN3O3. The molecule has 0 spiro atoms. The van der Waals surface area contributed by atoms with Crippen LogP contribution in [0.3, 0.4) is 0 Å². The summed E-state index contributed by atoms with van der Waals surface area (Å²) in [6, 6.07) is 12.9. The topological polar surface area (TPSA) is 78.5 Å². The van der Waals surface area contributed by atoms with Crippen molar-refractivity contribution in [3.63, 3.8) is 0 Å². The summed E-state index contributed by atoms with van der Waals surface area (Å²) in [5.74, 6) is 0.378. The molecule has 4 rings (SSSR count). The molecule has 0 fully saturated rings. The van der Waals surface area contributed by atoms with Crippen molar-refractivity contribution in [3.8, 4) is 17.0 Å². The molecule has 1 atom stereocenters. The van der Waals surface area contributed by atoms with Crippen LogP contribution in [-0.4, -0.2) is 46.4 Å². The smallest absolute Gasteiger partial charge is 0.273 e. The molecule has 7 heteroatoms. The van der Waals surface area contributed by atoms with Gasteiger partial charge < -0.3 is 14.7 Å². The van der Waals surface area contributed by atoms with Gasteiger partial charge in [0.1, 0.15) is 17.1 Å². The second kappa shape index (κ2) is 8.73. The molecule has 1 aromatic heterocycles. The van der Waals surface area contributed by atoms with E-state index < -0.39 is 0 Å². The third-order valence-electron chi connectivity index (χ3n) is 5.74. The first kappa shape index (κ1) is 21.4. The minimum Gasteiger partial charge on any atom is -0.507 e. The van der Waals surface area contributed by atoms with Crippen LogP contribution < -0.4 is 0 Å². The van der Waals surface area contributed by atoms with Crippen molar-refractivity contribution in [2.75, 3.05) is 20.3 Å². The number of hydrogen-bond acceptors (Lipinski definition) is 4. The fraction of sp³-hybridized carbons (Fsp3) is 0.333. The van der Waals surface area contributed by atoms with Crippen molar-refractivity contribution in [1.29, 1.82) is 0 Å². The Balaban J connectivity index is 1.83. The molecule has 0 saturated carbocycles. The molecule has 0 aliphatic carbocycles. The molecular weight excluding hydrogens is 414 g/mol. The lowest BCUT2D eigenvalue weighted by atomic mass is 9.93. The number of nitrogens with zero attached hydrogens (tertiary/aromatic N) is 2. The Hall–Kier alpha value is -2.83. The Kier molecular flexibility index (Phi) is 6.03. The van der Waals surface area contributed by atoms with E-state index in [1.165, 1.54) is 11.6 Å². The molecule has 31 heavy (non-hydrogen) atoms. The second-order valence-electron chi connectivity index (χ2n) is 8.09. The van der Waals surface area contributed by atoms with Gasteiger partial charge in [-0.05, 0) is 41.7 Å². The van der Waals surface area contributed by atoms with Gasteiger partial charge in [-0.2, -0.15) is 5.10 Å². The number of phenols is 1. The number of hydrogen-bond donors (Lipinski definition) is 2. The molecule has 162 valence electrons. The number of amides is 1. The van der Waals surface area contributed by atoms with E-state index in [1.807, 2.05) is 4.90 Å². The van der Waals surface area contributed by atoms with Crippen molar-refractivity contribution in [3.05, 3.63) is 69.9 Å². The Morgan fingerprint density at radius 2 is 1.97 bits per heavy atom. The zero-order chi connectivity index (χ0) is 22.1. The van der Waals surface area contributed by atoms with Gasteiger partial charge >= 0.3 is 0 Å². The highest BCUT2D eigenvalue weighted by Gasteiger charge is 2.42. The number of aromatic amines is 1. The quantitative estimate of drug-likeness (QED) is 0.499. The summed E-state index contributed by atoms with van der Waals surface area (Å²) in [6.45, 7) is 5.42. The van der Waals surface area contributed by atoms with E-state index in [4.69, 9.17) is 16.3 Å². The number of phenolic OH excluding ortho intramolecular Hbond substituents is 1. The number of ether oxygens (including phenoxy) is 1. The first-order valence-corrected chi connectivity index (χ1v) is 10.8. The number of aromatic hydroxyl groups is 1. The predicted octanol–water partition coefficient (Wildman–Crippen LogP) is 5.14. The minimum atomic E-state index is -0.312. The Bertz CT molecular complexity index is 1090. The van der Waals surface area contributed by atoms with Gasteiger partial charge in [0.2, 0.25) is 0 Å². The zero-order valence-electron chi connectivity index (χ0n) is 17.9. The van der Waals surface area contributed by atoms with Gasteiger partial charge in [0.05, 0.1) is 6.04 Å². The molecule has 0 saturated heterocycles. The number of carbonyl (C=O) groups excluding carboxylic acids is 1.